The van der Waals surface area contributed by atoms with Crippen molar-refractivity contribution in [2.24, 2.45) is 0 Å². The number of ether oxygens (including phenoxy) is 2. The highest BCUT2D eigenvalue weighted by Crippen LogP contribution is 1.85. The molecule has 0 aliphatic carbocycles. The fourth-order valence-electron chi connectivity index (χ4n) is 0.652. The summed E-state index contributed by atoms with van der Waals surface area (Å²) in [4.78, 5) is 20.9. The Hall–Kier alpha value is -0.740. The summed E-state index contributed by atoms with van der Waals surface area (Å²) in [5.74, 6) is 0.119. The Labute approximate surface area is 78.2 Å². The predicted molar refractivity (Wildman–Crippen MR) is 47.6 cm³/mol. The molecule has 0 unspecified atom stereocenters. The Kier molecular flexibility index (Phi) is 7.44. The van der Waals surface area contributed by atoms with Crippen molar-refractivity contribution in [1.82, 2.24) is 0 Å². The van der Waals surface area contributed by atoms with Gasteiger partial charge < -0.3 is 9.47 Å². The molecule has 0 spiro atoms. The van der Waals surface area contributed by atoms with Gasteiger partial charge in [-0.3, -0.25) is 9.59 Å². The number of carbonyl (C=O) groups is 2. The van der Waals surface area contributed by atoms with E-state index in [2.05, 4.69) is 0 Å². The van der Waals surface area contributed by atoms with Gasteiger partial charge in [0.2, 0.25) is 0 Å². The lowest BCUT2D eigenvalue weighted by molar-refractivity contribution is -0.121. The van der Waals surface area contributed by atoms with Gasteiger partial charge in [0.25, 0.3) is 0 Å². The van der Waals surface area contributed by atoms with Crippen LogP contribution in [0.4, 0.5) is 0 Å². The largest absolute Gasteiger partial charge is 0.379 e. The zero-order valence-corrected chi connectivity index (χ0v) is 8.17. The average molecular weight is 188 g/mol. The minimum absolute atomic E-state index is 0.00346. The van der Waals surface area contributed by atoms with Crippen LogP contribution in [0.25, 0.3) is 0 Å². The SMILES string of the molecule is CC(=O)CCOCCOCC(C)=O. The van der Waals surface area contributed by atoms with Crippen LogP contribution >= 0.6 is 0 Å². The second kappa shape index (κ2) is 7.89. The van der Waals surface area contributed by atoms with Gasteiger partial charge in [-0.05, 0) is 13.8 Å². The lowest BCUT2D eigenvalue weighted by Crippen LogP contribution is -2.10. The zero-order chi connectivity index (χ0) is 10.1. The second-order valence-electron chi connectivity index (χ2n) is 2.82. The molecule has 0 aromatic carbocycles. The molecular weight excluding hydrogens is 172 g/mol. The maximum Gasteiger partial charge on any atom is 0.155 e. The molecule has 0 aromatic rings. The molecule has 0 aromatic heterocycles. The van der Waals surface area contributed by atoms with E-state index in [1.165, 1.54) is 13.8 Å². The van der Waals surface area contributed by atoms with Gasteiger partial charge in [-0.2, -0.15) is 0 Å². The quantitative estimate of drug-likeness (QED) is 0.523. The van der Waals surface area contributed by atoms with Gasteiger partial charge in [0.15, 0.2) is 5.78 Å². The smallest absolute Gasteiger partial charge is 0.155 e. The fraction of sp³-hybridized carbons (Fsp3) is 0.778. The van der Waals surface area contributed by atoms with Crippen LogP contribution in [-0.4, -0.2) is 38.0 Å². The minimum atomic E-state index is 0.00346. The number of hydrogen-bond donors (Lipinski definition) is 0. The van der Waals surface area contributed by atoms with Crippen molar-refractivity contribution in [1.29, 1.82) is 0 Å². The zero-order valence-electron chi connectivity index (χ0n) is 8.17. The molecule has 0 bridgehead atoms. The summed E-state index contributed by atoms with van der Waals surface area (Å²) in [5, 5.41) is 0. The van der Waals surface area contributed by atoms with E-state index in [1.54, 1.807) is 0 Å². The normalized spacial score (nSPS) is 10.0. The van der Waals surface area contributed by atoms with Crippen molar-refractivity contribution in [2.75, 3.05) is 26.4 Å². The molecule has 0 N–H and O–H groups in total. The Morgan fingerprint density at radius 1 is 0.923 bits per heavy atom. The van der Waals surface area contributed by atoms with Crippen molar-refractivity contribution in [2.45, 2.75) is 20.3 Å². The molecule has 0 radical (unpaired) electrons. The number of Topliss-reactive ketones (excluding diaryl/α,β-unsaturated/α-hetero) is 2. The van der Waals surface area contributed by atoms with Gasteiger partial charge >= 0.3 is 0 Å². The summed E-state index contributed by atoms with van der Waals surface area (Å²) in [5.41, 5.74) is 0. The molecule has 13 heavy (non-hydrogen) atoms. The third kappa shape index (κ3) is 11.3. The monoisotopic (exact) mass is 188 g/mol. The maximum absolute atomic E-state index is 10.5. The third-order valence-electron chi connectivity index (χ3n) is 1.28. The van der Waals surface area contributed by atoms with Gasteiger partial charge in [-0.1, -0.05) is 0 Å². The highest BCUT2D eigenvalue weighted by molar-refractivity contribution is 5.76. The van der Waals surface area contributed by atoms with E-state index in [9.17, 15) is 9.59 Å². The molecule has 0 fully saturated rings. The summed E-state index contributed by atoms with van der Waals surface area (Å²) in [7, 11) is 0. The van der Waals surface area contributed by atoms with Crippen LogP contribution in [-0.2, 0) is 19.1 Å². The van der Waals surface area contributed by atoms with E-state index in [0.29, 0.717) is 26.2 Å². The van der Waals surface area contributed by atoms with E-state index in [0.717, 1.165) is 0 Å². The van der Waals surface area contributed by atoms with Crippen LogP contribution in [0.3, 0.4) is 0 Å². The van der Waals surface area contributed by atoms with Crippen LogP contribution in [0.1, 0.15) is 20.3 Å². The van der Waals surface area contributed by atoms with E-state index in [-0.39, 0.29) is 18.2 Å². The fourth-order valence-corrected chi connectivity index (χ4v) is 0.652. The highest BCUT2D eigenvalue weighted by atomic mass is 16.5. The van der Waals surface area contributed by atoms with Crippen molar-refractivity contribution < 1.29 is 19.1 Å². The van der Waals surface area contributed by atoms with Gasteiger partial charge in [0.1, 0.15) is 12.4 Å². The van der Waals surface area contributed by atoms with Gasteiger partial charge in [-0.15, -0.1) is 0 Å². The molecule has 0 saturated carbocycles. The molecule has 0 amide bonds. The first-order valence-electron chi connectivity index (χ1n) is 4.27. The van der Waals surface area contributed by atoms with E-state index >= 15 is 0 Å². The summed E-state index contributed by atoms with van der Waals surface area (Å²) >= 11 is 0. The second-order valence-corrected chi connectivity index (χ2v) is 2.82. The molecule has 4 heteroatoms. The van der Waals surface area contributed by atoms with E-state index in [4.69, 9.17) is 9.47 Å². The summed E-state index contributed by atoms with van der Waals surface area (Å²) in [6, 6.07) is 0. The number of carbonyl (C=O) groups excluding carboxylic acids is 2. The van der Waals surface area contributed by atoms with Crippen LogP contribution in [0, 0.1) is 0 Å². The van der Waals surface area contributed by atoms with Crippen LogP contribution in [0.2, 0.25) is 0 Å². The Balaban J connectivity index is 3.00. The Bertz CT molecular complexity index is 147. The van der Waals surface area contributed by atoms with Gasteiger partial charge in [-0.25, -0.2) is 0 Å². The van der Waals surface area contributed by atoms with Crippen molar-refractivity contribution in [3.8, 4) is 0 Å². The topological polar surface area (TPSA) is 52.6 Å². The van der Waals surface area contributed by atoms with Crippen LogP contribution in [0.5, 0.6) is 0 Å². The van der Waals surface area contributed by atoms with Crippen LogP contribution in [0.15, 0.2) is 0 Å². The summed E-state index contributed by atoms with van der Waals surface area (Å²) in [6.45, 7) is 4.39. The molecule has 0 aliphatic heterocycles. The molecule has 0 heterocycles. The average Bonchev–Trinajstić information content (AvgIpc) is 2.01. The van der Waals surface area contributed by atoms with E-state index < -0.39 is 0 Å². The first kappa shape index (κ1) is 12.3. The van der Waals surface area contributed by atoms with Gasteiger partial charge in [0, 0.05) is 6.42 Å². The third-order valence-corrected chi connectivity index (χ3v) is 1.28. The predicted octanol–water partition coefficient (Wildman–Crippen LogP) is 0.588. The van der Waals surface area contributed by atoms with E-state index in [1.807, 2.05) is 0 Å². The number of hydrogen-bond acceptors (Lipinski definition) is 4. The molecular formula is C9H16O4. The molecule has 0 aliphatic rings. The maximum atomic E-state index is 10.5. The minimum Gasteiger partial charge on any atom is -0.379 e. The van der Waals surface area contributed by atoms with Crippen molar-refractivity contribution in [3.05, 3.63) is 0 Å². The van der Waals surface area contributed by atoms with Crippen molar-refractivity contribution >= 4 is 11.6 Å². The van der Waals surface area contributed by atoms with Crippen molar-refractivity contribution in [3.63, 3.8) is 0 Å². The standard InChI is InChI=1S/C9H16O4/c1-8(10)3-4-12-5-6-13-7-9(2)11/h3-7H2,1-2H3. The number of rotatable bonds is 8. The molecule has 4 nitrogen and oxygen atoms in total. The molecule has 0 atom stereocenters. The lowest BCUT2D eigenvalue weighted by Gasteiger charge is -2.02. The first-order chi connectivity index (χ1) is 6.13. The first-order valence-corrected chi connectivity index (χ1v) is 4.27. The molecule has 0 rings (SSSR count). The Morgan fingerprint density at radius 2 is 1.54 bits per heavy atom. The Morgan fingerprint density at radius 3 is 2.08 bits per heavy atom. The summed E-state index contributed by atoms with van der Waals surface area (Å²) < 4.78 is 10.0. The van der Waals surface area contributed by atoms with Gasteiger partial charge in [0.05, 0.1) is 19.8 Å². The molecule has 76 valence electrons. The van der Waals surface area contributed by atoms with Crippen LogP contribution < -0.4 is 0 Å². The number of ketones is 2. The molecule has 0 saturated heterocycles. The highest BCUT2D eigenvalue weighted by Gasteiger charge is 1.95. The lowest BCUT2D eigenvalue weighted by atomic mass is 10.3. The summed E-state index contributed by atoms with van der Waals surface area (Å²) in [6.07, 6.45) is 0.437.